The van der Waals surface area contributed by atoms with Gasteiger partial charge in [-0.05, 0) is 26.0 Å². The van der Waals surface area contributed by atoms with E-state index >= 15 is 0 Å². The molecule has 6 nitrogen and oxygen atoms in total. The number of pyridine rings is 1. The number of hydrogen-bond acceptors (Lipinski definition) is 5. The number of piperazine rings is 1. The number of non-ortho nitro benzene ring substituents is 1. The Bertz CT molecular complexity index is 678. The van der Waals surface area contributed by atoms with E-state index in [0.29, 0.717) is 17.5 Å². The second-order valence-corrected chi connectivity index (χ2v) is 5.66. The molecule has 2 aromatic rings. The molecule has 0 radical (unpaired) electrons. The van der Waals surface area contributed by atoms with Gasteiger partial charge in [0.05, 0.1) is 10.3 Å². The maximum atomic E-state index is 11.2. The summed E-state index contributed by atoms with van der Waals surface area (Å²) in [6.07, 6.45) is 3.26. The molecule has 1 saturated heterocycles. The third kappa shape index (κ3) is 2.54. The van der Waals surface area contributed by atoms with Crippen molar-refractivity contribution < 1.29 is 4.92 Å². The molecule has 0 saturated carbocycles. The first-order valence-corrected chi connectivity index (χ1v) is 7.08. The molecule has 1 aliphatic heterocycles. The second-order valence-electron chi connectivity index (χ2n) is 5.66. The number of benzene rings is 1. The first kappa shape index (κ1) is 13.8. The van der Waals surface area contributed by atoms with E-state index in [1.54, 1.807) is 18.5 Å². The van der Waals surface area contributed by atoms with Crippen LogP contribution in [0, 0.1) is 10.1 Å². The Hall–Kier alpha value is -2.21. The summed E-state index contributed by atoms with van der Waals surface area (Å²) < 4.78 is 0. The molecule has 0 spiro atoms. The van der Waals surface area contributed by atoms with Gasteiger partial charge < -0.3 is 10.2 Å². The fourth-order valence-electron chi connectivity index (χ4n) is 3.12. The second kappa shape index (κ2) is 5.29. The number of hydrogen-bond donors (Lipinski definition) is 1. The molecule has 6 heteroatoms. The summed E-state index contributed by atoms with van der Waals surface area (Å²) in [5.74, 6) is 0. The Kier molecular flexibility index (Phi) is 3.47. The molecule has 3 rings (SSSR count). The van der Waals surface area contributed by atoms with E-state index in [1.165, 1.54) is 0 Å². The number of anilines is 1. The fourth-order valence-corrected chi connectivity index (χ4v) is 3.12. The zero-order valence-corrected chi connectivity index (χ0v) is 12.1. The van der Waals surface area contributed by atoms with Gasteiger partial charge in [0.25, 0.3) is 5.69 Å². The summed E-state index contributed by atoms with van der Waals surface area (Å²) in [5, 5.41) is 16.1. The van der Waals surface area contributed by atoms with Gasteiger partial charge in [0.1, 0.15) is 0 Å². The average Bonchev–Trinajstić information content (AvgIpc) is 2.44. The number of nitro groups is 1. The van der Waals surface area contributed by atoms with E-state index in [2.05, 4.69) is 29.0 Å². The van der Waals surface area contributed by atoms with Crippen LogP contribution in [0.1, 0.15) is 13.8 Å². The maximum absolute atomic E-state index is 11.2. The lowest BCUT2D eigenvalue weighted by Crippen LogP contribution is -2.54. The standard InChI is InChI=1S/C15H18N4O2/c1-10-8-18(9-11(2)17-10)14-3-4-15(19(20)21)13-7-16-6-5-12(13)14/h3-7,10-11,17H,8-9H2,1-2H3. The lowest BCUT2D eigenvalue weighted by molar-refractivity contribution is -0.383. The summed E-state index contributed by atoms with van der Waals surface area (Å²) >= 11 is 0. The lowest BCUT2D eigenvalue weighted by Gasteiger charge is -2.38. The molecule has 1 aromatic heterocycles. The van der Waals surface area contributed by atoms with E-state index in [-0.39, 0.29) is 10.6 Å². The van der Waals surface area contributed by atoms with Crippen LogP contribution < -0.4 is 10.2 Å². The summed E-state index contributed by atoms with van der Waals surface area (Å²) in [6.45, 7) is 6.08. The van der Waals surface area contributed by atoms with E-state index in [0.717, 1.165) is 24.2 Å². The Morgan fingerprint density at radius 2 is 1.95 bits per heavy atom. The zero-order chi connectivity index (χ0) is 15.0. The Balaban J connectivity index is 2.11. The van der Waals surface area contributed by atoms with Crippen LogP contribution in [0.25, 0.3) is 10.8 Å². The third-order valence-electron chi connectivity index (χ3n) is 3.87. The van der Waals surface area contributed by atoms with Crippen molar-refractivity contribution in [2.24, 2.45) is 0 Å². The summed E-state index contributed by atoms with van der Waals surface area (Å²) in [4.78, 5) is 17.1. The first-order chi connectivity index (χ1) is 10.1. The van der Waals surface area contributed by atoms with Gasteiger partial charge in [-0.15, -0.1) is 0 Å². The smallest absolute Gasteiger partial charge is 0.278 e. The molecular formula is C15H18N4O2. The maximum Gasteiger partial charge on any atom is 0.278 e. The van der Waals surface area contributed by atoms with Crippen molar-refractivity contribution in [2.75, 3.05) is 18.0 Å². The van der Waals surface area contributed by atoms with E-state index in [4.69, 9.17) is 0 Å². The quantitative estimate of drug-likeness (QED) is 0.677. The van der Waals surface area contributed by atoms with Crippen molar-refractivity contribution >= 4 is 22.1 Å². The third-order valence-corrected chi connectivity index (χ3v) is 3.87. The number of nitrogens with zero attached hydrogens (tertiary/aromatic N) is 3. The fraction of sp³-hybridized carbons (Fsp3) is 0.400. The van der Waals surface area contributed by atoms with Gasteiger partial charge in [-0.1, -0.05) is 0 Å². The van der Waals surface area contributed by atoms with E-state index in [9.17, 15) is 10.1 Å². The largest absolute Gasteiger partial charge is 0.368 e. The van der Waals surface area contributed by atoms with E-state index in [1.807, 2.05) is 12.1 Å². The predicted octanol–water partition coefficient (Wildman–Crippen LogP) is 2.33. The molecule has 1 fully saturated rings. The molecule has 2 heterocycles. The summed E-state index contributed by atoms with van der Waals surface area (Å²) in [6, 6.07) is 6.07. The molecule has 2 unspecified atom stereocenters. The number of nitrogens with one attached hydrogen (secondary N) is 1. The first-order valence-electron chi connectivity index (χ1n) is 7.08. The Morgan fingerprint density at radius 1 is 1.24 bits per heavy atom. The average molecular weight is 286 g/mol. The zero-order valence-electron chi connectivity index (χ0n) is 12.1. The number of rotatable bonds is 2. The van der Waals surface area contributed by atoms with Crippen molar-refractivity contribution in [2.45, 2.75) is 25.9 Å². The number of nitro benzene ring substituents is 1. The number of fused-ring (bicyclic) bond motifs is 1. The monoisotopic (exact) mass is 286 g/mol. The van der Waals surface area contributed by atoms with Gasteiger partial charge in [0, 0.05) is 54.7 Å². The highest BCUT2D eigenvalue weighted by Crippen LogP contribution is 2.33. The lowest BCUT2D eigenvalue weighted by atomic mass is 10.1. The van der Waals surface area contributed by atoms with Crippen LogP contribution in [0.3, 0.4) is 0 Å². The minimum atomic E-state index is -0.350. The Morgan fingerprint density at radius 3 is 2.62 bits per heavy atom. The normalized spacial score (nSPS) is 22.5. The van der Waals surface area contributed by atoms with Gasteiger partial charge in [-0.25, -0.2) is 0 Å². The van der Waals surface area contributed by atoms with Crippen LogP contribution in [-0.2, 0) is 0 Å². The van der Waals surface area contributed by atoms with Crippen molar-refractivity contribution in [1.29, 1.82) is 0 Å². The van der Waals surface area contributed by atoms with E-state index < -0.39 is 0 Å². The Labute approximate surface area is 122 Å². The molecule has 2 atom stereocenters. The van der Waals surface area contributed by atoms with Crippen LogP contribution in [0.15, 0.2) is 30.6 Å². The van der Waals surface area contributed by atoms with Crippen molar-refractivity contribution in [3.05, 3.63) is 40.7 Å². The van der Waals surface area contributed by atoms with Gasteiger partial charge in [0.15, 0.2) is 0 Å². The van der Waals surface area contributed by atoms with Crippen LogP contribution >= 0.6 is 0 Å². The highest BCUT2D eigenvalue weighted by molar-refractivity contribution is 5.99. The topological polar surface area (TPSA) is 71.3 Å². The molecule has 1 aliphatic rings. The summed E-state index contributed by atoms with van der Waals surface area (Å²) in [5.41, 5.74) is 1.15. The van der Waals surface area contributed by atoms with Crippen LogP contribution in [0.5, 0.6) is 0 Å². The molecule has 0 bridgehead atoms. The molecule has 1 aromatic carbocycles. The van der Waals surface area contributed by atoms with Crippen LogP contribution in [-0.4, -0.2) is 35.1 Å². The highest BCUT2D eigenvalue weighted by Gasteiger charge is 2.24. The molecule has 1 N–H and O–H groups in total. The minimum absolute atomic E-state index is 0.109. The van der Waals surface area contributed by atoms with Gasteiger partial charge in [0.2, 0.25) is 0 Å². The van der Waals surface area contributed by atoms with Crippen LogP contribution in [0.2, 0.25) is 0 Å². The highest BCUT2D eigenvalue weighted by atomic mass is 16.6. The summed E-state index contributed by atoms with van der Waals surface area (Å²) in [7, 11) is 0. The molecule has 0 aliphatic carbocycles. The van der Waals surface area contributed by atoms with Crippen molar-refractivity contribution in [1.82, 2.24) is 10.3 Å². The molecule has 110 valence electrons. The SMILES string of the molecule is CC1CN(c2ccc([N+](=O)[O-])c3cnccc23)CC(C)N1. The molecular weight excluding hydrogens is 268 g/mol. The number of aromatic nitrogens is 1. The van der Waals surface area contributed by atoms with Gasteiger partial charge in [-0.2, -0.15) is 0 Å². The molecule has 0 amide bonds. The van der Waals surface area contributed by atoms with Crippen LogP contribution in [0.4, 0.5) is 11.4 Å². The van der Waals surface area contributed by atoms with Crippen molar-refractivity contribution in [3.63, 3.8) is 0 Å². The van der Waals surface area contributed by atoms with Gasteiger partial charge in [-0.3, -0.25) is 15.1 Å². The van der Waals surface area contributed by atoms with Gasteiger partial charge >= 0.3 is 0 Å². The molecule has 21 heavy (non-hydrogen) atoms. The predicted molar refractivity (Wildman–Crippen MR) is 82.7 cm³/mol. The van der Waals surface area contributed by atoms with Crippen molar-refractivity contribution in [3.8, 4) is 0 Å². The minimum Gasteiger partial charge on any atom is -0.368 e.